The molecule has 28 heavy (non-hydrogen) atoms. The number of para-hydroxylation sites is 1. The predicted molar refractivity (Wildman–Crippen MR) is 104 cm³/mol. The molecule has 0 aromatic heterocycles. The van der Waals surface area contributed by atoms with Gasteiger partial charge in [0.25, 0.3) is 5.91 Å². The molecule has 1 amide bonds. The zero-order valence-electron chi connectivity index (χ0n) is 15.4. The number of hydrogen-bond donors (Lipinski definition) is 2. The molecule has 0 spiro atoms. The largest absolute Gasteiger partial charge is 0.416 e. The standard InChI is InChI=1S/C20H21ClF3N3O/c1-14(19(28)25-18-8-3-2-7-17(18)21)26-9-11-27(12-10-26)16-6-4-5-15(13-16)20(22,23)24/h2-8,13-14H,9-12H2,1H3,(H,25,28)/p+1/t14-/m0/s1. The van der Waals surface area contributed by atoms with Gasteiger partial charge >= 0.3 is 6.18 Å². The van der Waals surface area contributed by atoms with Crippen molar-refractivity contribution in [3.8, 4) is 0 Å². The monoisotopic (exact) mass is 412 g/mol. The van der Waals surface area contributed by atoms with Crippen molar-refractivity contribution in [2.75, 3.05) is 36.4 Å². The van der Waals surface area contributed by atoms with Gasteiger partial charge in [0.05, 0.1) is 42.5 Å². The second kappa shape index (κ2) is 8.41. The Bertz CT molecular complexity index is 835. The quantitative estimate of drug-likeness (QED) is 0.809. The number of quaternary nitrogens is 1. The fourth-order valence-corrected chi connectivity index (χ4v) is 3.54. The number of carbonyl (C=O) groups is 1. The molecule has 3 rings (SSSR count). The summed E-state index contributed by atoms with van der Waals surface area (Å²) in [6.07, 6.45) is -4.35. The number of hydrogen-bond acceptors (Lipinski definition) is 2. The van der Waals surface area contributed by atoms with Crippen molar-refractivity contribution in [1.82, 2.24) is 0 Å². The van der Waals surface area contributed by atoms with Crippen molar-refractivity contribution in [2.24, 2.45) is 0 Å². The molecule has 8 heteroatoms. The average Bonchev–Trinajstić information content (AvgIpc) is 2.69. The van der Waals surface area contributed by atoms with Crippen LogP contribution in [0, 0.1) is 0 Å². The molecule has 0 aliphatic carbocycles. The number of benzene rings is 2. The lowest BCUT2D eigenvalue weighted by Crippen LogP contribution is -3.19. The highest BCUT2D eigenvalue weighted by Gasteiger charge is 2.32. The van der Waals surface area contributed by atoms with Crippen LogP contribution in [-0.4, -0.2) is 38.1 Å². The highest BCUT2D eigenvalue weighted by Crippen LogP contribution is 2.31. The Morgan fingerprint density at radius 3 is 2.46 bits per heavy atom. The summed E-state index contributed by atoms with van der Waals surface area (Å²) >= 11 is 6.08. The first-order valence-electron chi connectivity index (χ1n) is 9.08. The topological polar surface area (TPSA) is 36.8 Å². The number of rotatable bonds is 4. The lowest BCUT2D eigenvalue weighted by Gasteiger charge is -2.36. The van der Waals surface area contributed by atoms with Crippen LogP contribution in [0.25, 0.3) is 0 Å². The first kappa shape index (κ1) is 20.5. The summed E-state index contributed by atoms with van der Waals surface area (Å²) in [7, 11) is 0. The fraction of sp³-hybridized carbons (Fsp3) is 0.350. The van der Waals surface area contributed by atoms with Crippen molar-refractivity contribution < 1.29 is 22.9 Å². The molecule has 1 heterocycles. The summed E-state index contributed by atoms with van der Waals surface area (Å²) in [5.74, 6) is -0.129. The second-order valence-corrected chi connectivity index (χ2v) is 7.29. The number of halogens is 4. The first-order chi connectivity index (χ1) is 13.3. The van der Waals surface area contributed by atoms with Gasteiger partial charge in [0, 0.05) is 5.69 Å². The molecule has 0 bridgehead atoms. The van der Waals surface area contributed by atoms with E-state index in [0.29, 0.717) is 42.6 Å². The SMILES string of the molecule is C[C@@H](C(=O)Nc1ccccc1Cl)[NH+]1CCN(c2cccc(C(F)(F)F)c2)CC1. The number of piperazine rings is 1. The lowest BCUT2D eigenvalue weighted by atomic mass is 10.1. The van der Waals surface area contributed by atoms with E-state index in [0.717, 1.165) is 11.0 Å². The Kier molecular flexibility index (Phi) is 6.15. The minimum atomic E-state index is -4.35. The van der Waals surface area contributed by atoms with Crippen LogP contribution in [0.1, 0.15) is 12.5 Å². The normalized spacial score (nSPS) is 16.7. The van der Waals surface area contributed by atoms with E-state index in [1.807, 2.05) is 11.8 Å². The molecule has 0 unspecified atom stereocenters. The number of amides is 1. The van der Waals surface area contributed by atoms with E-state index >= 15 is 0 Å². The molecule has 2 aromatic carbocycles. The Balaban J connectivity index is 1.59. The Morgan fingerprint density at radius 1 is 1.14 bits per heavy atom. The number of anilines is 2. The predicted octanol–water partition coefficient (Wildman–Crippen LogP) is 3.09. The molecule has 150 valence electrons. The van der Waals surface area contributed by atoms with Gasteiger partial charge in [0.15, 0.2) is 6.04 Å². The molecular formula is C20H22ClF3N3O+. The maximum atomic E-state index is 12.9. The van der Waals surface area contributed by atoms with Crippen LogP contribution >= 0.6 is 11.6 Å². The second-order valence-electron chi connectivity index (χ2n) is 6.88. The summed E-state index contributed by atoms with van der Waals surface area (Å²) in [4.78, 5) is 15.6. The minimum absolute atomic E-state index is 0.129. The van der Waals surface area contributed by atoms with Crippen LogP contribution in [0.15, 0.2) is 48.5 Å². The third-order valence-electron chi connectivity index (χ3n) is 5.08. The Hall–Kier alpha value is -2.25. The zero-order chi connectivity index (χ0) is 20.3. The lowest BCUT2D eigenvalue weighted by molar-refractivity contribution is -0.914. The van der Waals surface area contributed by atoms with E-state index in [-0.39, 0.29) is 11.9 Å². The molecule has 0 radical (unpaired) electrons. The third-order valence-corrected chi connectivity index (χ3v) is 5.41. The Labute approximate surface area is 166 Å². The van der Waals surface area contributed by atoms with Crippen molar-refractivity contribution in [1.29, 1.82) is 0 Å². The molecule has 1 fully saturated rings. The third kappa shape index (κ3) is 4.77. The van der Waals surface area contributed by atoms with Crippen LogP contribution in [0.5, 0.6) is 0 Å². The molecule has 1 atom stereocenters. The number of nitrogens with zero attached hydrogens (tertiary/aromatic N) is 1. The molecule has 2 N–H and O–H groups in total. The minimum Gasteiger partial charge on any atom is -0.360 e. The number of alkyl halides is 3. The molecule has 2 aromatic rings. The van der Waals surface area contributed by atoms with Crippen LogP contribution in [0.4, 0.5) is 24.5 Å². The summed E-state index contributed by atoms with van der Waals surface area (Å²) in [6, 6.07) is 12.1. The maximum absolute atomic E-state index is 12.9. The highest BCUT2D eigenvalue weighted by molar-refractivity contribution is 6.33. The van der Waals surface area contributed by atoms with Crippen molar-refractivity contribution in [3.63, 3.8) is 0 Å². The van der Waals surface area contributed by atoms with Crippen molar-refractivity contribution >= 4 is 28.9 Å². The highest BCUT2D eigenvalue weighted by atomic mass is 35.5. The summed E-state index contributed by atoms with van der Waals surface area (Å²) in [5, 5.41) is 3.32. The molecule has 1 saturated heterocycles. The Morgan fingerprint density at radius 2 is 1.82 bits per heavy atom. The number of nitrogens with one attached hydrogen (secondary N) is 2. The van der Waals surface area contributed by atoms with Gasteiger partial charge in [0.2, 0.25) is 0 Å². The van der Waals surface area contributed by atoms with Crippen molar-refractivity contribution in [2.45, 2.75) is 19.1 Å². The molecule has 0 saturated carbocycles. The molecule has 1 aliphatic rings. The van der Waals surface area contributed by atoms with Crippen LogP contribution in [0.2, 0.25) is 5.02 Å². The van der Waals surface area contributed by atoms with Crippen LogP contribution in [0.3, 0.4) is 0 Å². The summed E-state index contributed by atoms with van der Waals surface area (Å²) in [5.41, 5.74) is 0.484. The van der Waals surface area contributed by atoms with Crippen LogP contribution < -0.4 is 15.1 Å². The first-order valence-corrected chi connectivity index (χ1v) is 9.45. The van der Waals surface area contributed by atoms with Gasteiger partial charge in [-0.05, 0) is 37.3 Å². The van der Waals surface area contributed by atoms with Crippen molar-refractivity contribution in [3.05, 3.63) is 59.1 Å². The molecule has 4 nitrogen and oxygen atoms in total. The fourth-order valence-electron chi connectivity index (χ4n) is 3.35. The maximum Gasteiger partial charge on any atom is 0.416 e. The van der Waals surface area contributed by atoms with Gasteiger partial charge in [-0.25, -0.2) is 0 Å². The molecule has 1 aliphatic heterocycles. The van der Waals surface area contributed by atoms with Crippen LogP contribution in [-0.2, 0) is 11.0 Å². The smallest absolute Gasteiger partial charge is 0.360 e. The van der Waals surface area contributed by atoms with Gasteiger partial charge in [-0.1, -0.05) is 29.8 Å². The summed E-state index contributed by atoms with van der Waals surface area (Å²) in [6.45, 7) is 4.34. The van der Waals surface area contributed by atoms with E-state index in [1.54, 1.807) is 30.3 Å². The zero-order valence-corrected chi connectivity index (χ0v) is 16.1. The summed E-state index contributed by atoms with van der Waals surface area (Å²) < 4.78 is 38.8. The van der Waals surface area contributed by atoms with Gasteiger partial charge in [-0.15, -0.1) is 0 Å². The average molecular weight is 413 g/mol. The van der Waals surface area contributed by atoms with Gasteiger partial charge in [-0.2, -0.15) is 13.2 Å². The van der Waals surface area contributed by atoms with E-state index in [4.69, 9.17) is 11.6 Å². The van der Waals surface area contributed by atoms with Gasteiger partial charge < -0.3 is 15.1 Å². The van der Waals surface area contributed by atoms with E-state index in [1.165, 1.54) is 12.1 Å². The van der Waals surface area contributed by atoms with E-state index in [2.05, 4.69) is 5.32 Å². The van der Waals surface area contributed by atoms with E-state index in [9.17, 15) is 18.0 Å². The van der Waals surface area contributed by atoms with Gasteiger partial charge in [-0.3, -0.25) is 4.79 Å². The van der Waals surface area contributed by atoms with E-state index < -0.39 is 11.7 Å². The molecular weight excluding hydrogens is 391 g/mol. The number of carbonyl (C=O) groups excluding carboxylic acids is 1. The van der Waals surface area contributed by atoms with Gasteiger partial charge in [0.1, 0.15) is 0 Å².